The van der Waals surface area contributed by atoms with Crippen molar-refractivity contribution in [1.82, 2.24) is 30.3 Å². The molecule has 0 saturated carbocycles. The second-order valence-electron chi connectivity index (χ2n) is 9.75. The van der Waals surface area contributed by atoms with Crippen LogP contribution in [0.15, 0.2) is 60.9 Å². The van der Waals surface area contributed by atoms with Crippen molar-refractivity contribution in [2.24, 2.45) is 5.73 Å². The molecular weight excluding hydrogens is 565 g/mol. The van der Waals surface area contributed by atoms with Crippen molar-refractivity contribution in [2.75, 3.05) is 6.54 Å². The summed E-state index contributed by atoms with van der Waals surface area (Å²) in [7, 11) is 0. The minimum Gasteiger partial charge on any atom is -0.364 e. The summed E-state index contributed by atoms with van der Waals surface area (Å²) in [6, 6.07) is 12.3. The van der Waals surface area contributed by atoms with Gasteiger partial charge in [-0.15, -0.1) is 0 Å². The van der Waals surface area contributed by atoms with Crippen LogP contribution in [0.3, 0.4) is 0 Å². The van der Waals surface area contributed by atoms with Gasteiger partial charge in [-0.2, -0.15) is 5.10 Å². The Hall–Kier alpha value is -4.84. The zero-order valence-corrected chi connectivity index (χ0v) is 23.7. The van der Waals surface area contributed by atoms with Gasteiger partial charge in [0.05, 0.1) is 17.1 Å². The summed E-state index contributed by atoms with van der Waals surface area (Å²) in [4.78, 5) is 56.3. The Morgan fingerprint density at radius 1 is 1.07 bits per heavy atom. The van der Waals surface area contributed by atoms with E-state index in [2.05, 4.69) is 20.7 Å². The number of rotatable bonds is 11. The molecule has 2 aromatic carbocycles. The van der Waals surface area contributed by atoms with E-state index < -0.39 is 23.5 Å². The third-order valence-corrected chi connectivity index (χ3v) is 6.76. The molecule has 0 fully saturated rings. The summed E-state index contributed by atoms with van der Waals surface area (Å²) in [6.07, 6.45) is 3.27. The molecule has 0 aliphatic carbocycles. The molecule has 4 amide bonds. The Labute approximate surface area is 245 Å². The average Bonchev–Trinajstić information content (AvgIpc) is 3.33. The molecule has 4 aromatic rings. The molecule has 42 heavy (non-hydrogen) atoms. The Bertz CT molecular complexity index is 1640. The van der Waals surface area contributed by atoms with Crippen LogP contribution in [0.4, 0.5) is 4.39 Å². The highest BCUT2D eigenvalue weighted by Crippen LogP contribution is 2.21. The van der Waals surface area contributed by atoms with Crippen molar-refractivity contribution in [2.45, 2.75) is 39.5 Å². The fourth-order valence-corrected chi connectivity index (χ4v) is 4.47. The van der Waals surface area contributed by atoms with E-state index in [0.717, 1.165) is 5.56 Å². The number of aromatic nitrogens is 3. The highest BCUT2D eigenvalue weighted by Gasteiger charge is 2.24. The molecule has 4 N–H and O–H groups in total. The molecule has 0 radical (unpaired) electrons. The van der Waals surface area contributed by atoms with Gasteiger partial charge in [0.2, 0.25) is 11.8 Å². The van der Waals surface area contributed by atoms with Crippen LogP contribution in [-0.4, -0.2) is 55.9 Å². The van der Waals surface area contributed by atoms with Crippen molar-refractivity contribution in [1.29, 1.82) is 0 Å². The molecule has 4 rings (SSSR count). The Morgan fingerprint density at radius 3 is 2.55 bits per heavy atom. The number of benzene rings is 2. The van der Waals surface area contributed by atoms with E-state index in [-0.39, 0.29) is 60.0 Å². The number of fused-ring (bicyclic) bond motifs is 1. The lowest BCUT2D eigenvalue weighted by atomic mass is 10.1. The standard InChI is InChI=1S/C29H29ClFN7O4/c1-17(2)37(15-24(39)34-14-20-6-3-7-22(30)26(20)31)25(40)16-38-23-9-8-19(11-21(23)27(36-38)28(32)41)29(42)35-13-18-5-4-10-33-12-18/h3-12,17H,13-16H2,1-2H3,(H2,32,41)(H,34,39)(H,35,42). The van der Waals surface area contributed by atoms with Gasteiger partial charge < -0.3 is 21.3 Å². The number of halogens is 2. The molecule has 0 saturated heterocycles. The number of hydrogen-bond acceptors (Lipinski definition) is 6. The van der Waals surface area contributed by atoms with E-state index in [9.17, 15) is 23.6 Å². The van der Waals surface area contributed by atoms with Crippen LogP contribution in [0, 0.1) is 5.82 Å². The second-order valence-corrected chi connectivity index (χ2v) is 10.2. The van der Waals surface area contributed by atoms with Crippen molar-refractivity contribution in [3.63, 3.8) is 0 Å². The normalized spacial score (nSPS) is 11.0. The lowest BCUT2D eigenvalue weighted by Gasteiger charge is -2.26. The van der Waals surface area contributed by atoms with Crippen LogP contribution in [0.25, 0.3) is 10.9 Å². The van der Waals surface area contributed by atoms with Crippen LogP contribution in [-0.2, 0) is 29.2 Å². The first kappa shape index (κ1) is 30.1. The first-order chi connectivity index (χ1) is 20.0. The fraction of sp³-hybridized carbons (Fsp3) is 0.241. The molecule has 11 nitrogen and oxygen atoms in total. The van der Waals surface area contributed by atoms with Gasteiger partial charge in [-0.3, -0.25) is 28.8 Å². The number of primary amides is 1. The predicted molar refractivity (Wildman–Crippen MR) is 154 cm³/mol. The maximum Gasteiger partial charge on any atom is 0.269 e. The number of pyridine rings is 1. The molecule has 2 aromatic heterocycles. The number of amides is 4. The number of hydrogen-bond donors (Lipinski definition) is 3. The van der Waals surface area contributed by atoms with Gasteiger partial charge in [0, 0.05) is 48.0 Å². The van der Waals surface area contributed by atoms with Gasteiger partial charge >= 0.3 is 0 Å². The van der Waals surface area contributed by atoms with Crippen LogP contribution in [0.5, 0.6) is 0 Å². The minimum atomic E-state index is -0.826. The number of nitrogens with two attached hydrogens (primary N) is 1. The SMILES string of the molecule is CC(C)N(CC(=O)NCc1cccc(Cl)c1F)C(=O)Cn1nc(C(N)=O)c2cc(C(=O)NCc3cccnc3)ccc21. The molecule has 0 unspecified atom stereocenters. The quantitative estimate of drug-likeness (QED) is 0.243. The Balaban J connectivity index is 1.48. The summed E-state index contributed by atoms with van der Waals surface area (Å²) in [6.45, 7) is 3.05. The fourth-order valence-electron chi connectivity index (χ4n) is 4.28. The van der Waals surface area contributed by atoms with Crippen LogP contribution < -0.4 is 16.4 Å². The molecule has 218 valence electrons. The van der Waals surface area contributed by atoms with Gasteiger partial charge in [0.25, 0.3) is 11.8 Å². The van der Waals surface area contributed by atoms with Crippen molar-refractivity contribution >= 4 is 46.1 Å². The minimum absolute atomic E-state index is 0.0556. The summed E-state index contributed by atoms with van der Waals surface area (Å²) in [5.41, 5.74) is 7.17. The number of carbonyl (C=O) groups is 4. The topological polar surface area (TPSA) is 152 Å². The summed E-state index contributed by atoms with van der Waals surface area (Å²) >= 11 is 5.80. The highest BCUT2D eigenvalue weighted by molar-refractivity contribution is 6.30. The molecule has 13 heteroatoms. The number of carbonyl (C=O) groups excluding carboxylic acids is 4. The van der Waals surface area contributed by atoms with Crippen molar-refractivity contribution < 1.29 is 23.6 Å². The summed E-state index contributed by atoms with van der Waals surface area (Å²) in [5, 5.41) is 9.88. The average molecular weight is 594 g/mol. The predicted octanol–water partition coefficient (Wildman–Crippen LogP) is 2.81. The van der Waals surface area contributed by atoms with E-state index in [1.807, 2.05) is 6.07 Å². The lowest BCUT2D eigenvalue weighted by Crippen LogP contribution is -2.45. The molecule has 0 atom stereocenters. The molecule has 0 bridgehead atoms. The molecular formula is C29H29ClFN7O4. The second kappa shape index (κ2) is 13.2. The molecule has 2 heterocycles. The van der Waals surface area contributed by atoms with Crippen LogP contribution in [0.2, 0.25) is 5.02 Å². The molecule has 0 spiro atoms. The first-order valence-electron chi connectivity index (χ1n) is 13.0. The van der Waals surface area contributed by atoms with Gasteiger partial charge in [0.1, 0.15) is 12.4 Å². The molecule has 0 aliphatic heterocycles. The third-order valence-electron chi connectivity index (χ3n) is 6.47. The largest absolute Gasteiger partial charge is 0.364 e. The van der Waals surface area contributed by atoms with E-state index >= 15 is 0 Å². The zero-order valence-electron chi connectivity index (χ0n) is 22.9. The van der Waals surface area contributed by atoms with E-state index in [1.165, 1.54) is 27.8 Å². The molecule has 0 aliphatic rings. The third kappa shape index (κ3) is 7.07. The first-order valence-corrected chi connectivity index (χ1v) is 13.4. The van der Waals surface area contributed by atoms with Crippen LogP contribution in [0.1, 0.15) is 45.8 Å². The van der Waals surface area contributed by atoms with E-state index in [1.54, 1.807) is 50.5 Å². The number of nitrogens with one attached hydrogen (secondary N) is 2. The summed E-state index contributed by atoms with van der Waals surface area (Å²) in [5.74, 6) is -2.78. The monoisotopic (exact) mass is 593 g/mol. The van der Waals surface area contributed by atoms with Gasteiger partial charge in [0.15, 0.2) is 5.69 Å². The Kier molecular flexibility index (Phi) is 9.48. The zero-order chi connectivity index (χ0) is 30.4. The van der Waals surface area contributed by atoms with Gasteiger partial charge in [-0.25, -0.2) is 4.39 Å². The van der Waals surface area contributed by atoms with Gasteiger partial charge in [-0.05, 0) is 49.7 Å². The number of nitrogens with zero attached hydrogens (tertiary/aromatic N) is 4. The van der Waals surface area contributed by atoms with Crippen LogP contribution >= 0.6 is 11.6 Å². The maximum absolute atomic E-state index is 14.2. The van der Waals surface area contributed by atoms with Gasteiger partial charge in [-0.1, -0.05) is 29.8 Å². The summed E-state index contributed by atoms with van der Waals surface area (Å²) < 4.78 is 15.5. The van der Waals surface area contributed by atoms with Crippen molar-refractivity contribution in [3.05, 3.63) is 94.1 Å². The maximum atomic E-state index is 14.2. The van der Waals surface area contributed by atoms with E-state index in [0.29, 0.717) is 10.9 Å². The highest BCUT2D eigenvalue weighted by atomic mass is 35.5. The lowest BCUT2D eigenvalue weighted by molar-refractivity contribution is -0.138. The Morgan fingerprint density at radius 2 is 1.86 bits per heavy atom. The smallest absolute Gasteiger partial charge is 0.269 e. The van der Waals surface area contributed by atoms with Crippen molar-refractivity contribution in [3.8, 4) is 0 Å². The van der Waals surface area contributed by atoms with E-state index in [4.69, 9.17) is 17.3 Å².